The van der Waals surface area contributed by atoms with E-state index in [2.05, 4.69) is 5.32 Å². The van der Waals surface area contributed by atoms with Gasteiger partial charge >= 0.3 is 0 Å². The second-order valence-electron chi connectivity index (χ2n) is 2.88. The summed E-state index contributed by atoms with van der Waals surface area (Å²) in [6.07, 6.45) is 0.103. The van der Waals surface area contributed by atoms with Crippen molar-refractivity contribution in [2.45, 2.75) is 13.3 Å². The van der Waals surface area contributed by atoms with Gasteiger partial charge in [-0.25, -0.2) is 0 Å². The van der Waals surface area contributed by atoms with Gasteiger partial charge in [0.1, 0.15) is 0 Å². The van der Waals surface area contributed by atoms with Crippen LogP contribution in [0.1, 0.15) is 13.3 Å². The Bertz CT molecular complexity index is 191. The number of rotatable bonds is 4. The molecule has 1 amide bonds. The summed E-state index contributed by atoms with van der Waals surface area (Å²) < 4.78 is 0. The third kappa shape index (κ3) is 2.30. The van der Waals surface area contributed by atoms with Gasteiger partial charge in [-0.15, -0.1) is 0 Å². The van der Waals surface area contributed by atoms with Gasteiger partial charge in [-0.3, -0.25) is 9.59 Å². The molecular formula is C8H14N2O2. The fourth-order valence-electron chi connectivity index (χ4n) is 1.23. The van der Waals surface area contributed by atoms with Crippen molar-refractivity contribution in [2.75, 3.05) is 26.2 Å². The molecule has 4 heteroatoms. The molecule has 12 heavy (non-hydrogen) atoms. The molecule has 1 aliphatic heterocycles. The number of carbonyl (C=O) groups is 2. The molecule has 1 aliphatic rings. The van der Waals surface area contributed by atoms with Gasteiger partial charge in [-0.2, -0.15) is 0 Å². The maximum atomic E-state index is 11.1. The standard InChI is InChI=1S/C8H14N2O2/c1-2-9-3-4-10-6-7(11)5-8(10)12/h9H,2-6H2,1H3. The Hall–Kier alpha value is -0.900. The Kier molecular flexibility index (Phi) is 3.22. The minimum Gasteiger partial charge on any atom is -0.334 e. The lowest BCUT2D eigenvalue weighted by Gasteiger charge is -2.13. The molecule has 0 saturated carbocycles. The van der Waals surface area contributed by atoms with Gasteiger partial charge in [0.15, 0.2) is 5.78 Å². The predicted octanol–water partition coefficient (Wildman–Crippen LogP) is -0.603. The predicted molar refractivity (Wildman–Crippen MR) is 44.7 cm³/mol. The summed E-state index contributed by atoms with van der Waals surface area (Å²) in [6, 6.07) is 0. The third-order valence-electron chi connectivity index (χ3n) is 1.88. The number of amides is 1. The minimum atomic E-state index is -0.0297. The quantitative estimate of drug-likeness (QED) is 0.452. The maximum absolute atomic E-state index is 11.1. The molecule has 1 heterocycles. The highest BCUT2D eigenvalue weighted by atomic mass is 16.2. The first kappa shape index (κ1) is 9.19. The lowest BCUT2D eigenvalue weighted by atomic mass is 10.3. The van der Waals surface area contributed by atoms with Crippen LogP contribution >= 0.6 is 0 Å². The largest absolute Gasteiger partial charge is 0.334 e. The fourth-order valence-corrected chi connectivity index (χ4v) is 1.23. The number of ketones is 1. The van der Waals surface area contributed by atoms with Crippen LogP contribution in [0.15, 0.2) is 0 Å². The topological polar surface area (TPSA) is 49.4 Å². The van der Waals surface area contributed by atoms with Crippen LogP contribution in [0.5, 0.6) is 0 Å². The number of nitrogens with zero attached hydrogens (tertiary/aromatic N) is 1. The van der Waals surface area contributed by atoms with Gasteiger partial charge in [0, 0.05) is 13.1 Å². The molecule has 0 aliphatic carbocycles. The zero-order chi connectivity index (χ0) is 8.97. The third-order valence-corrected chi connectivity index (χ3v) is 1.88. The van der Waals surface area contributed by atoms with Crippen LogP contribution < -0.4 is 5.32 Å². The van der Waals surface area contributed by atoms with E-state index in [-0.39, 0.29) is 18.1 Å². The molecule has 0 aromatic heterocycles. The Balaban J connectivity index is 2.24. The summed E-state index contributed by atoms with van der Waals surface area (Å²) in [5, 5.41) is 3.11. The molecule has 1 rings (SSSR count). The Morgan fingerprint density at radius 1 is 1.50 bits per heavy atom. The van der Waals surface area contributed by atoms with E-state index < -0.39 is 0 Å². The van der Waals surface area contributed by atoms with Gasteiger partial charge in [0.25, 0.3) is 0 Å². The van der Waals surface area contributed by atoms with Crippen molar-refractivity contribution in [1.82, 2.24) is 10.2 Å². The number of Topliss-reactive ketones (excluding diaryl/α,β-unsaturated/α-hetero) is 1. The summed E-state index contributed by atoms with van der Waals surface area (Å²) in [5.41, 5.74) is 0. The van der Waals surface area contributed by atoms with Crippen molar-refractivity contribution in [1.29, 1.82) is 0 Å². The van der Waals surface area contributed by atoms with Crippen LogP contribution in [0.2, 0.25) is 0 Å². The number of carbonyl (C=O) groups excluding carboxylic acids is 2. The van der Waals surface area contributed by atoms with E-state index in [0.717, 1.165) is 13.1 Å². The van der Waals surface area contributed by atoms with E-state index >= 15 is 0 Å². The van der Waals surface area contributed by atoms with E-state index in [1.165, 1.54) is 0 Å². The zero-order valence-corrected chi connectivity index (χ0v) is 7.30. The summed E-state index contributed by atoms with van der Waals surface area (Å²) in [5.74, 6) is 0.00871. The average Bonchev–Trinajstić information content (AvgIpc) is 2.31. The molecule has 68 valence electrons. The summed E-state index contributed by atoms with van der Waals surface area (Å²) >= 11 is 0. The van der Waals surface area contributed by atoms with E-state index in [1.54, 1.807) is 4.90 Å². The second-order valence-corrected chi connectivity index (χ2v) is 2.88. The summed E-state index contributed by atoms with van der Waals surface area (Å²) in [6.45, 7) is 4.64. The molecule has 0 spiro atoms. The van der Waals surface area contributed by atoms with Gasteiger partial charge in [-0.1, -0.05) is 6.92 Å². The number of hydrogen-bond donors (Lipinski definition) is 1. The molecule has 0 bridgehead atoms. The number of hydrogen-bond acceptors (Lipinski definition) is 3. The molecule has 0 aromatic rings. The zero-order valence-electron chi connectivity index (χ0n) is 7.30. The monoisotopic (exact) mass is 170 g/mol. The Morgan fingerprint density at radius 3 is 2.75 bits per heavy atom. The Labute approximate surface area is 71.9 Å². The normalized spacial score (nSPS) is 17.6. The smallest absolute Gasteiger partial charge is 0.230 e. The van der Waals surface area contributed by atoms with E-state index in [1.807, 2.05) is 6.92 Å². The number of nitrogens with one attached hydrogen (secondary N) is 1. The van der Waals surface area contributed by atoms with Crippen molar-refractivity contribution in [2.24, 2.45) is 0 Å². The van der Waals surface area contributed by atoms with Gasteiger partial charge in [0.05, 0.1) is 13.0 Å². The highest BCUT2D eigenvalue weighted by molar-refractivity contribution is 6.05. The lowest BCUT2D eigenvalue weighted by Crippen LogP contribution is -2.33. The Morgan fingerprint density at radius 2 is 2.25 bits per heavy atom. The lowest BCUT2D eigenvalue weighted by molar-refractivity contribution is -0.127. The van der Waals surface area contributed by atoms with E-state index in [9.17, 15) is 9.59 Å². The molecule has 4 nitrogen and oxygen atoms in total. The van der Waals surface area contributed by atoms with Crippen LogP contribution in [-0.2, 0) is 9.59 Å². The van der Waals surface area contributed by atoms with Crippen LogP contribution in [0.4, 0.5) is 0 Å². The second kappa shape index (κ2) is 4.21. The molecule has 1 N–H and O–H groups in total. The van der Waals surface area contributed by atoms with Gasteiger partial charge in [0.2, 0.25) is 5.91 Å². The van der Waals surface area contributed by atoms with Crippen LogP contribution in [-0.4, -0.2) is 42.8 Å². The molecule has 0 unspecified atom stereocenters. The summed E-state index contributed by atoms with van der Waals surface area (Å²) in [7, 11) is 0. The van der Waals surface area contributed by atoms with Gasteiger partial charge in [-0.05, 0) is 6.54 Å². The van der Waals surface area contributed by atoms with Crippen LogP contribution in [0, 0.1) is 0 Å². The highest BCUT2D eigenvalue weighted by Crippen LogP contribution is 2.04. The number of likely N-dealkylation sites (N-methyl/N-ethyl adjacent to an activating group) is 1. The molecule has 0 aromatic carbocycles. The first-order valence-corrected chi connectivity index (χ1v) is 4.24. The van der Waals surface area contributed by atoms with E-state index in [0.29, 0.717) is 13.1 Å². The van der Waals surface area contributed by atoms with Crippen molar-refractivity contribution in [3.63, 3.8) is 0 Å². The first-order chi connectivity index (χ1) is 5.74. The van der Waals surface area contributed by atoms with Crippen molar-refractivity contribution < 1.29 is 9.59 Å². The number of likely N-dealkylation sites (tertiary alicyclic amines) is 1. The SMILES string of the molecule is CCNCCN1CC(=O)CC1=O. The first-order valence-electron chi connectivity index (χ1n) is 4.24. The molecule has 0 atom stereocenters. The van der Waals surface area contributed by atoms with E-state index in [4.69, 9.17) is 0 Å². The average molecular weight is 170 g/mol. The molecular weight excluding hydrogens is 156 g/mol. The van der Waals surface area contributed by atoms with Crippen LogP contribution in [0.25, 0.3) is 0 Å². The minimum absolute atomic E-state index is 0.0297. The highest BCUT2D eigenvalue weighted by Gasteiger charge is 2.26. The fraction of sp³-hybridized carbons (Fsp3) is 0.750. The van der Waals surface area contributed by atoms with Crippen molar-refractivity contribution >= 4 is 11.7 Å². The van der Waals surface area contributed by atoms with Crippen molar-refractivity contribution in [3.8, 4) is 0 Å². The molecule has 1 fully saturated rings. The molecule has 0 radical (unpaired) electrons. The van der Waals surface area contributed by atoms with Gasteiger partial charge < -0.3 is 10.2 Å². The van der Waals surface area contributed by atoms with Crippen molar-refractivity contribution in [3.05, 3.63) is 0 Å². The molecule has 1 saturated heterocycles. The summed E-state index contributed by atoms with van der Waals surface area (Å²) in [4.78, 5) is 23.5. The maximum Gasteiger partial charge on any atom is 0.230 e. The van der Waals surface area contributed by atoms with Crippen LogP contribution in [0.3, 0.4) is 0 Å².